The van der Waals surface area contributed by atoms with Gasteiger partial charge in [0.15, 0.2) is 5.69 Å². The Morgan fingerprint density at radius 3 is 2.79 bits per heavy atom. The number of aromatic nitrogens is 1. The van der Waals surface area contributed by atoms with E-state index in [-0.39, 0.29) is 5.91 Å². The number of hydrogen-bond donors (Lipinski definition) is 1. The van der Waals surface area contributed by atoms with Crippen molar-refractivity contribution >= 4 is 11.6 Å². The van der Waals surface area contributed by atoms with E-state index in [9.17, 15) is 4.79 Å². The van der Waals surface area contributed by atoms with Crippen LogP contribution in [0.25, 0.3) is 0 Å². The maximum atomic E-state index is 12.6. The van der Waals surface area contributed by atoms with Crippen LogP contribution in [0.3, 0.4) is 0 Å². The van der Waals surface area contributed by atoms with Crippen LogP contribution < -0.4 is 5.73 Å². The van der Waals surface area contributed by atoms with Gasteiger partial charge in [-0.3, -0.25) is 4.79 Å². The largest absolute Gasteiger partial charge is 0.397 e. The van der Waals surface area contributed by atoms with Crippen LogP contribution in [0.4, 0.5) is 5.69 Å². The molecule has 1 amide bonds. The van der Waals surface area contributed by atoms with Crippen LogP contribution in [-0.4, -0.2) is 28.4 Å². The molecule has 1 unspecified atom stereocenters. The number of nitrogens with two attached hydrogens (primary N) is 1. The first kappa shape index (κ1) is 12.5. The Morgan fingerprint density at radius 1 is 1.26 bits per heavy atom. The van der Waals surface area contributed by atoms with Crippen molar-refractivity contribution in [1.82, 2.24) is 9.88 Å². The van der Waals surface area contributed by atoms with Crippen LogP contribution >= 0.6 is 0 Å². The van der Waals surface area contributed by atoms with Crippen molar-refractivity contribution in [1.29, 1.82) is 0 Å². The molecule has 3 rings (SSSR count). The number of rotatable bonds is 2. The lowest BCUT2D eigenvalue weighted by Crippen LogP contribution is -2.40. The normalized spacial score (nSPS) is 24.0. The average molecular weight is 259 g/mol. The minimum Gasteiger partial charge on any atom is -0.397 e. The van der Waals surface area contributed by atoms with Gasteiger partial charge in [-0.15, -0.1) is 0 Å². The van der Waals surface area contributed by atoms with Crippen molar-refractivity contribution in [3.63, 3.8) is 0 Å². The summed E-state index contributed by atoms with van der Waals surface area (Å²) in [7, 11) is 0. The lowest BCUT2D eigenvalue weighted by molar-refractivity contribution is 0.0684. The molecule has 0 spiro atoms. The van der Waals surface area contributed by atoms with Gasteiger partial charge < -0.3 is 10.6 Å². The number of nitrogen functional groups attached to an aromatic ring is 1. The molecule has 1 aliphatic heterocycles. The summed E-state index contributed by atoms with van der Waals surface area (Å²) < 4.78 is 0. The zero-order valence-electron chi connectivity index (χ0n) is 11.2. The quantitative estimate of drug-likeness (QED) is 0.887. The minimum absolute atomic E-state index is 0.0208. The Bertz CT molecular complexity index is 468. The fraction of sp³-hybridized carbons (Fsp3) is 0.600. The smallest absolute Gasteiger partial charge is 0.274 e. The first-order chi connectivity index (χ1) is 9.27. The molecule has 1 saturated heterocycles. The number of anilines is 1. The molecular formula is C15H21N3O. The molecular weight excluding hydrogens is 238 g/mol. The van der Waals surface area contributed by atoms with Gasteiger partial charge in [0.25, 0.3) is 5.91 Å². The lowest BCUT2D eigenvalue weighted by Gasteiger charge is -2.29. The average Bonchev–Trinajstić information content (AvgIpc) is 3.09. The number of hydrogen-bond acceptors (Lipinski definition) is 3. The first-order valence-corrected chi connectivity index (χ1v) is 7.29. The van der Waals surface area contributed by atoms with Crippen LogP contribution in [0, 0.1) is 5.92 Å². The SMILES string of the molecule is Nc1cccnc1C(=O)N1CCCC1C1CCCC1. The van der Waals surface area contributed by atoms with Gasteiger partial charge in [-0.25, -0.2) is 4.98 Å². The van der Waals surface area contributed by atoms with E-state index in [0.717, 1.165) is 19.4 Å². The van der Waals surface area contributed by atoms with Crippen molar-refractivity contribution in [2.75, 3.05) is 12.3 Å². The van der Waals surface area contributed by atoms with Crippen LogP contribution in [0.1, 0.15) is 49.0 Å². The molecule has 102 valence electrons. The predicted molar refractivity (Wildman–Crippen MR) is 74.7 cm³/mol. The molecule has 0 aromatic carbocycles. The number of nitrogens with zero attached hydrogens (tertiary/aromatic N) is 2. The van der Waals surface area contributed by atoms with Crippen LogP contribution in [0.5, 0.6) is 0 Å². The highest BCUT2D eigenvalue weighted by atomic mass is 16.2. The molecule has 0 radical (unpaired) electrons. The highest BCUT2D eigenvalue weighted by molar-refractivity contribution is 5.97. The fourth-order valence-corrected chi connectivity index (χ4v) is 3.61. The first-order valence-electron chi connectivity index (χ1n) is 7.29. The molecule has 1 aliphatic carbocycles. The maximum absolute atomic E-state index is 12.6. The van der Waals surface area contributed by atoms with E-state index in [0.29, 0.717) is 23.3 Å². The Labute approximate surface area is 114 Å². The zero-order chi connectivity index (χ0) is 13.2. The van der Waals surface area contributed by atoms with Crippen molar-refractivity contribution in [3.05, 3.63) is 24.0 Å². The number of amides is 1. The monoisotopic (exact) mass is 259 g/mol. The molecule has 19 heavy (non-hydrogen) atoms. The van der Waals surface area contributed by atoms with Crippen LogP contribution in [0.2, 0.25) is 0 Å². The molecule has 1 aromatic heterocycles. The second-order valence-corrected chi connectivity index (χ2v) is 5.69. The third-order valence-electron chi connectivity index (χ3n) is 4.55. The van der Waals surface area contributed by atoms with Crippen molar-refractivity contribution in [3.8, 4) is 0 Å². The van der Waals surface area contributed by atoms with E-state index < -0.39 is 0 Å². The van der Waals surface area contributed by atoms with Crippen molar-refractivity contribution < 1.29 is 4.79 Å². The summed E-state index contributed by atoms with van der Waals surface area (Å²) in [5.41, 5.74) is 6.79. The molecule has 4 nitrogen and oxygen atoms in total. The summed E-state index contributed by atoms with van der Waals surface area (Å²) >= 11 is 0. The van der Waals surface area contributed by atoms with E-state index in [1.165, 1.54) is 25.7 Å². The Hall–Kier alpha value is -1.58. The van der Waals surface area contributed by atoms with E-state index in [1.54, 1.807) is 18.3 Å². The summed E-state index contributed by atoms with van der Waals surface area (Å²) in [6, 6.07) is 3.93. The van der Waals surface area contributed by atoms with Crippen LogP contribution in [0.15, 0.2) is 18.3 Å². The fourth-order valence-electron chi connectivity index (χ4n) is 3.61. The van der Waals surface area contributed by atoms with Gasteiger partial charge in [-0.05, 0) is 43.7 Å². The summed E-state index contributed by atoms with van der Waals surface area (Å²) in [6.07, 6.45) is 9.06. The maximum Gasteiger partial charge on any atom is 0.274 e. The predicted octanol–water partition coefficient (Wildman–Crippen LogP) is 2.46. The van der Waals surface area contributed by atoms with Gasteiger partial charge in [0.05, 0.1) is 5.69 Å². The molecule has 0 bridgehead atoms. The number of pyridine rings is 1. The molecule has 4 heteroatoms. The summed E-state index contributed by atoms with van der Waals surface area (Å²) in [5, 5.41) is 0. The summed E-state index contributed by atoms with van der Waals surface area (Å²) in [6.45, 7) is 0.857. The van der Waals surface area contributed by atoms with E-state index in [4.69, 9.17) is 5.73 Å². The molecule has 1 aromatic rings. The van der Waals surface area contributed by atoms with Gasteiger partial charge >= 0.3 is 0 Å². The molecule has 1 atom stereocenters. The standard InChI is InChI=1S/C15H21N3O/c16-12-7-3-9-17-14(12)15(19)18-10-4-8-13(18)11-5-1-2-6-11/h3,7,9,11,13H,1-2,4-6,8,10,16H2. The Kier molecular flexibility index (Phi) is 3.40. The van der Waals surface area contributed by atoms with E-state index in [1.807, 2.05) is 4.90 Å². The van der Waals surface area contributed by atoms with Crippen molar-refractivity contribution in [2.24, 2.45) is 5.92 Å². The Morgan fingerprint density at radius 2 is 2.05 bits per heavy atom. The topological polar surface area (TPSA) is 59.2 Å². The van der Waals surface area contributed by atoms with Crippen molar-refractivity contribution in [2.45, 2.75) is 44.6 Å². The van der Waals surface area contributed by atoms with Gasteiger partial charge in [-0.2, -0.15) is 0 Å². The second kappa shape index (κ2) is 5.19. The molecule has 1 saturated carbocycles. The van der Waals surface area contributed by atoms with Gasteiger partial charge in [0.2, 0.25) is 0 Å². The van der Waals surface area contributed by atoms with E-state index in [2.05, 4.69) is 4.98 Å². The third kappa shape index (κ3) is 2.31. The molecule has 2 N–H and O–H groups in total. The number of carbonyl (C=O) groups excluding carboxylic acids is 1. The number of likely N-dealkylation sites (tertiary alicyclic amines) is 1. The van der Waals surface area contributed by atoms with Gasteiger partial charge in [-0.1, -0.05) is 12.8 Å². The molecule has 2 aliphatic rings. The minimum atomic E-state index is 0.0208. The highest BCUT2D eigenvalue weighted by Gasteiger charge is 2.36. The summed E-state index contributed by atoms with van der Waals surface area (Å²) in [5.74, 6) is 0.712. The highest BCUT2D eigenvalue weighted by Crippen LogP contribution is 2.36. The van der Waals surface area contributed by atoms with E-state index >= 15 is 0 Å². The zero-order valence-corrected chi connectivity index (χ0v) is 11.2. The lowest BCUT2D eigenvalue weighted by atomic mass is 9.96. The van der Waals surface area contributed by atoms with Gasteiger partial charge in [0, 0.05) is 18.8 Å². The Balaban J connectivity index is 1.80. The number of carbonyl (C=O) groups is 1. The summed E-state index contributed by atoms with van der Waals surface area (Å²) in [4.78, 5) is 18.8. The second-order valence-electron chi connectivity index (χ2n) is 5.69. The molecule has 2 heterocycles. The van der Waals surface area contributed by atoms with Gasteiger partial charge in [0.1, 0.15) is 0 Å². The third-order valence-corrected chi connectivity index (χ3v) is 4.55. The van der Waals surface area contributed by atoms with Crippen LogP contribution in [-0.2, 0) is 0 Å². The molecule has 2 fully saturated rings.